The van der Waals surface area contributed by atoms with E-state index in [-0.39, 0.29) is 24.0 Å². The quantitative estimate of drug-likeness (QED) is 0.376. The molecule has 0 radical (unpaired) electrons. The maximum Gasteiger partial charge on any atom is 0.228 e. The van der Waals surface area contributed by atoms with Gasteiger partial charge in [0.1, 0.15) is 0 Å². The van der Waals surface area contributed by atoms with E-state index in [9.17, 15) is 0 Å². The summed E-state index contributed by atoms with van der Waals surface area (Å²) in [6, 6.07) is 0.506. The second-order valence-electron chi connectivity index (χ2n) is 6.01. The van der Waals surface area contributed by atoms with E-state index in [1.807, 2.05) is 6.92 Å². The Morgan fingerprint density at radius 1 is 1.33 bits per heavy atom. The Morgan fingerprint density at radius 3 is 2.67 bits per heavy atom. The molecule has 0 spiro atoms. The number of likely N-dealkylation sites (tertiary alicyclic amines) is 1. The van der Waals surface area contributed by atoms with Gasteiger partial charge in [0.25, 0.3) is 0 Å². The molecule has 1 aromatic heterocycles. The molecule has 7 nitrogen and oxygen atoms in total. The summed E-state index contributed by atoms with van der Waals surface area (Å²) in [6.45, 7) is 11.2. The minimum Gasteiger partial charge on any atom is -0.357 e. The number of piperidine rings is 1. The Labute approximate surface area is 162 Å². The van der Waals surface area contributed by atoms with Crippen LogP contribution in [0.25, 0.3) is 0 Å². The summed E-state index contributed by atoms with van der Waals surface area (Å²) < 4.78 is 5.11. The summed E-state index contributed by atoms with van der Waals surface area (Å²) >= 11 is 0. The van der Waals surface area contributed by atoms with Gasteiger partial charge in [-0.05, 0) is 39.7 Å². The molecule has 0 saturated carbocycles. The smallest absolute Gasteiger partial charge is 0.228 e. The number of guanidine groups is 1. The number of nitrogens with one attached hydrogen (secondary N) is 2. The molecule has 2 N–H and O–H groups in total. The summed E-state index contributed by atoms with van der Waals surface area (Å²) in [5, 5.41) is 10.7. The number of rotatable bonds is 7. The zero-order valence-electron chi connectivity index (χ0n) is 15.0. The lowest BCUT2D eigenvalue weighted by molar-refractivity contribution is 0.206. The van der Waals surface area contributed by atoms with Gasteiger partial charge in [-0.2, -0.15) is 4.98 Å². The lowest BCUT2D eigenvalue weighted by Gasteiger charge is -2.32. The normalized spacial score (nSPS) is 16.7. The van der Waals surface area contributed by atoms with E-state index >= 15 is 0 Å². The van der Waals surface area contributed by atoms with Crippen LogP contribution < -0.4 is 10.6 Å². The largest absolute Gasteiger partial charge is 0.357 e. The molecule has 1 fully saturated rings. The van der Waals surface area contributed by atoms with Crippen LogP contribution in [0.3, 0.4) is 0 Å². The number of nitrogens with zero attached hydrogens (tertiary/aromatic N) is 4. The van der Waals surface area contributed by atoms with Crippen LogP contribution >= 0.6 is 24.0 Å². The fourth-order valence-electron chi connectivity index (χ4n) is 2.84. The Balaban J connectivity index is 0.00000288. The number of aliphatic imine (C=N–C) groups is 1. The van der Waals surface area contributed by atoms with Gasteiger partial charge in [-0.15, -0.1) is 24.0 Å². The van der Waals surface area contributed by atoms with E-state index in [0.717, 1.165) is 12.5 Å². The number of hydrogen-bond acceptors (Lipinski definition) is 5. The molecule has 1 aromatic rings. The molecular weight excluding hydrogens is 419 g/mol. The molecule has 1 aliphatic heterocycles. The van der Waals surface area contributed by atoms with Gasteiger partial charge >= 0.3 is 0 Å². The highest BCUT2D eigenvalue weighted by Gasteiger charge is 2.19. The zero-order chi connectivity index (χ0) is 16.5. The van der Waals surface area contributed by atoms with Crippen LogP contribution in [-0.2, 0) is 6.42 Å². The maximum atomic E-state index is 5.11. The summed E-state index contributed by atoms with van der Waals surface area (Å²) in [6.07, 6.45) is 4.25. The van der Waals surface area contributed by atoms with Crippen molar-refractivity contribution in [3.8, 4) is 0 Å². The molecule has 0 amide bonds. The van der Waals surface area contributed by atoms with Crippen LogP contribution in [0.15, 0.2) is 9.52 Å². The fourth-order valence-corrected chi connectivity index (χ4v) is 2.84. The SMILES string of the molecule is CCCN1CCC(NC(=NCCc2nc(C)no2)NCC)CC1.I. The van der Waals surface area contributed by atoms with Gasteiger partial charge in [0, 0.05) is 32.1 Å². The number of aryl methyl sites for hydroxylation is 1. The van der Waals surface area contributed by atoms with Gasteiger partial charge in [-0.25, -0.2) is 0 Å². The van der Waals surface area contributed by atoms with Gasteiger partial charge in [-0.1, -0.05) is 12.1 Å². The highest BCUT2D eigenvalue weighted by atomic mass is 127. The Kier molecular flexibility index (Phi) is 10.2. The molecule has 138 valence electrons. The van der Waals surface area contributed by atoms with Gasteiger partial charge in [0.2, 0.25) is 5.89 Å². The highest BCUT2D eigenvalue weighted by Crippen LogP contribution is 2.10. The van der Waals surface area contributed by atoms with E-state index in [1.54, 1.807) is 0 Å². The Morgan fingerprint density at radius 2 is 2.08 bits per heavy atom. The average molecular weight is 450 g/mol. The van der Waals surface area contributed by atoms with Crippen molar-refractivity contribution in [1.82, 2.24) is 25.7 Å². The molecule has 0 aromatic carbocycles. The zero-order valence-corrected chi connectivity index (χ0v) is 17.4. The molecule has 0 bridgehead atoms. The standard InChI is InChI=1S/C16H30N6O.HI/c1-4-10-22-11-7-14(8-12-22)20-16(17-5-2)18-9-6-15-19-13(3)21-23-15;/h14H,4-12H2,1-3H3,(H2,17,18,20);1H. The van der Waals surface area contributed by atoms with Gasteiger partial charge in [0.05, 0.1) is 6.54 Å². The molecule has 0 aliphatic carbocycles. The van der Waals surface area contributed by atoms with Gasteiger partial charge in [-0.3, -0.25) is 4.99 Å². The maximum absolute atomic E-state index is 5.11. The first-order valence-electron chi connectivity index (χ1n) is 8.77. The molecule has 8 heteroatoms. The van der Waals surface area contributed by atoms with Crippen molar-refractivity contribution in [1.29, 1.82) is 0 Å². The number of halogens is 1. The van der Waals surface area contributed by atoms with Crippen LogP contribution in [0, 0.1) is 6.92 Å². The van der Waals surface area contributed by atoms with Crippen molar-refractivity contribution in [2.75, 3.05) is 32.7 Å². The lowest BCUT2D eigenvalue weighted by Crippen LogP contribution is -2.48. The second kappa shape index (κ2) is 11.6. The predicted octanol–water partition coefficient (Wildman–Crippen LogP) is 1.97. The van der Waals surface area contributed by atoms with Crippen LogP contribution in [0.4, 0.5) is 0 Å². The third-order valence-electron chi connectivity index (χ3n) is 3.98. The van der Waals surface area contributed by atoms with Gasteiger partial charge < -0.3 is 20.1 Å². The van der Waals surface area contributed by atoms with Crippen molar-refractivity contribution >= 4 is 29.9 Å². The number of aromatic nitrogens is 2. The van der Waals surface area contributed by atoms with Crippen LogP contribution in [0.1, 0.15) is 44.8 Å². The lowest BCUT2D eigenvalue weighted by atomic mass is 10.1. The molecule has 2 heterocycles. The van der Waals surface area contributed by atoms with E-state index in [2.05, 4.69) is 44.5 Å². The Bertz CT molecular complexity index is 485. The third kappa shape index (κ3) is 7.33. The van der Waals surface area contributed by atoms with E-state index in [1.165, 1.54) is 38.9 Å². The van der Waals surface area contributed by atoms with Crippen molar-refractivity contribution in [2.24, 2.45) is 4.99 Å². The fraction of sp³-hybridized carbons (Fsp3) is 0.812. The monoisotopic (exact) mass is 450 g/mol. The molecule has 24 heavy (non-hydrogen) atoms. The molecule has 1 aliphatic rings. The van der Waals surface area contributed by atoms with E-state index in [4.69, 9.17) is 4.52 Å². The second-order valence-corrected chi connectivity index (χ2v) is 6.01. The average Bonchev–Trinajstić information content (AvgIpc) is 2.95. The van der Waals surface area contributed by atoms with E-state index in [0.29, 0.717) is 30.7 Å². The molecule has 0 unspecified atom stereocenters. The first kappa shape index (κ1) is 21.1. The predicted molar refractivity (Wildman–Crippen MR) is 107 cm³/mol. The van der Waals surface area contributed by atoms with E-state index < -0.39 is 0 Å². The topological polar surface area (TPSA) is 78.6 Å². The summed E-state index contributed by atoms with van der Waals surface area (Å²) in [5.41, 5.74) is 0. The summed E-state index contributed by atoms with van der Waals surface area (Å²) in [7, 11) is 0. The molecule has 0 atom stereocenters. The molecule has 1 saturated heterocycles. The van der Waals surface area contributed by atoms with Crippen molar-refractivity contribution in [3.63, 3.8) is 0 Å². The third-order valence-corrected chi connectivity index (χ3v) is 3.98. The minimum absolute atomic E-state index is 0. The minimum atomic E-state index is 0. The summed E-state index contributed by atoms with van der Waals surface area (Å²) in [5.74, 6) is 2.21. The van der Waals surface area contributed by atoms with Crippen molar-refractivity contribution in [2.45, 2.75) is 52.5 Å². The van der Waals surface area contributed by atoms with Crippen molar-refractivity contribution in [3.05, 3.63) is 11.7 Å². The number of hydrogen-bond donors (Lipinski definition) is 2. The van der Waals surface area contributed by atoms with Crippen LogP contribution in [0.2, 0.25) is 0 Å². The van der Waals surface area contributed by atoms with Crippen LogP contribution in [0.5, 0.6) is 0 Å². The molecule has 2 rings (SSSR count). The molecular formula is C16H31IN6O. The summed E-state index contributed by atoms with van der Waals surface area (Å²) in [4.78, 5) is 11.4. The first-order chi connectivity index (χ1) is 11.2. The van der Waals surface area contributed by atoms with Crippen molar-refractivity contribution < 1.29 is 4.52 Å². The highest BCUT2D eigenvalue weighted by molar-refractivity contribution is 14.0. The van der Waals surface area contributed by atoms with Gasteiger partial charge in [0.15, 0.2) is 11.8 Å². The van der Waals surface area contributed by atoms with Crippen LogP contribution in [-0.4, -0.2) is 59.8 Å². The first-order valence-corrected chi connectivity index (χ1v) is 8.77. The Hall–Kier alpha value is -0.900.